The molecule has 1 aromatic carbocycles. The van der Waals surface area contributed by atoms with Crippen LogP contribution >= 0.6 is 11.8 Å². The van der Waals surface area contributed by atoms with Crippen molar-refractivity contribution in [2.75, 3.05) is 25.4 Å². The molecule has 3 aliphatic heterocycles. The molecule has 0 spiro atoms. The van der Waals surface area contributed by atoms with Crippen molar-refractivity contribution in [3.63, 3.8) is 0 Å². The van der Waals surface area contributed by atoms with E-state index in [0.29, 0.717) is 11.5 Å². The zero-order valence-electron chi connectivity index (χ0n) is 15.5. The molecule has 0 aromatic heterocycles. The molecule has 7 nitrogen and oxygen atoms in total. The van der Waals surface area contributed by atoms with E-state index < -0.39 is 12.1 Å². The summed E-state index contributed by atoms with van der Waals surface area (Å²) < 4.78 is 5.43. The van der Waals surface area contributed by atoms with Crippen molar-refractivity contribution in [1.82, 2.24) is 15.1 Å². The fourth-order valence-corrected chi connectivity index (χ4v) is 5.13. The number of ether oxygens (including phenoxy) is 1. The number of hydrogen-bond acceptors (Lipinski definition) is 5. The Bertz CT molecular complexity index is 794. The van der Waals surface area contributed by atoms with Gasteiger partial charge in [0, 0.05) is 18.8 Å². The Morgan fingerprint density at radius 2 is 1.93 bits per heavy atom. The minimum Gasteiger partial charge on any atom is -0.484 e. The molecule has 0 bridgehead atoms. The van der Waals surface area contributed by atoms with Crippen molar-refractivity contribution in [2.45, 2.75) is 30.3 Å². The summed E-state index contributed by atoms with van der Waals surface area (Å²) in [5.41, 5.74) is 0.753. The van der Waals surface area contributed by atoms with Gasteiger partial charge in [-0.2, -0.15) is 0 Å². The highest BCUT2D eigenvalue weighted by Gasteiger charge is 2.56. The van der Waals surface area contributed by atoms with Gasteiger partial charge >= 0.3 is 0 Å². The lowest BCUT2D eigenvalue weighted by Gasteiger charge is -2.53. The van der Waals surface area contributed by atoms with Gasteiger partial charge in [0.1, 0.15) is 23.2 Å². The van der Waals surface area contributed by atoms with Crippen LogP contribution in [0.2, 0.25) is 0 Å². The van der Waals surface area contributed by atoms with Crippen molar-refractivity contribution in [1.29, 1.82) is 0 Å². The molecule has 4 rings (SSSR count). The molecule has 3 atom stereocenters. The number of fused-ring (bicyclic) bond motifs is 1. The number of thioether (sulfide) groups is 1. The Kier molecular flexibility index (Phi) is 5.30. The fourth-order valence-electron chi connectivity index (χ4n) is 3.82. The molecule has 148 valence electrons. The molecular formula is C20H23N3O4S. The Hall–Kier alpha value is -2.48. The van der Waals surface area contributed by atoms with Crippen LogP contribution in [0.25, 0.3) is 0 Å². The summed E-state index contributed by atoms with van der Waals surface area (Å²) in [5.74, 6) is 0.571. The van der Waals surface area contributed by atoms with Crippen LogP contribution in [0.3, 0.4) is 0 Å². The molecule has 2 unspecified atom stereocenters. The number of carbonyl (C=O) groups excluding carboxylic acids is 3. The molecule has 0 radical (unpaired) electrons. The molecule has 28 heavy (non-hydrogen) atoms. The molecule has 3 fully saturated rings. The summed E-state index contributed by atoms with van der Waals surface area (Å²) in [7, 11) is 0. The quantitative estimate of drug-likeness (QED) is 0.589. The second-order valence-electron chi connectivity index (χ2n) is 7.19. The predicted molar refractivity (Wildman–Crippen MR) is 106 cm³/mol. The number of hydrogen-bond donors (Lipinski definition) is 1. The number of amides is 3. The van der Waals surface area contributed by atoms with Gasteiger partial charge in [-0.05, 0) is 30.5 Å². The van der Waals surface area contributed by atoms with Crippen LogP contribution in [0.4, 0.5) is 0 Å². The number of likely N-dealkylation sites (tertiary alicyclic amines) is 1. The Labute approximate surface area is 168 Å². The van der Waals surface area contributed by atoms with E-state index in [0.717, 1.165) is 31.5 Å². The maximum absolute atomic E-state index is 12.9. The van der Waals surface area contributed by atoms with Crippen LogP contribution in [-0.4, -0.2) is 70.4 Å². The van der Waals surface area contributed by atoms with Gasteiger partial charge in [0.2, 0.25) is 11.8 Å². The zero-order valence-corrected chi connectivity index (χ0v) is 16.3. The molecule has 3 aliphatic rings. The zero-order chi connectivity index (χ0) is 19.7. The van der Waals surface area contributed by atoms with E-state index in [1.165, 1.54) is 11.8 Å². The first-order chi connectivity index (χ1) is 13.6. The van der Waals surface area contributed by atoms with E-state index >= 15 is 0 Å². The van der Waals surface area contributed by atoms with E-state index in [4.69, 9.17) is 4.74 Å². The number of rotatable bonds is 5. The van der Waals surface area contributed by atoms with E-state index in [-0.39, 0.29) is 29.7 Å². The molecule has 0 saturated carbocycles. The molecule has 8 heteroatoms. The smallest absolute Gasteiger partial charge is 0.258 e. The average molecular weight is 401 g/mol. The lowest BCUT2D eigenvalue weighted by atomic mass is 9.97. The van der Waals surface area contributed by atoms with Crippen molar-refractivity contribution >= 4 is 29.5 Å². The molecule has 1 N–H and O–H groups in total. The minimum absolute atomic E-state index is 0.0432. The second-order valence-corrected chi connectivity index (χ2v) is 8.29. The van der Waals surface area contributed by atoms with Crippen molar-refractivity contribution in [2.24, 2.45) is 0 Å². The molecular weight excluding hydrogens is 378 g/mol. The van der Waals surface area contributed by atoms with Crippen LogP contribution in [-0.2, 0) is 14.4 Å². The number of para-hydroxylation sites is 1. The highest BCUT2D eigenvalue weighted by molar-refractivity contribution is 8.00. The molecule has 0 aliphatic carbocycles. The summed E-state index contributed by atoms with van der Waals surface area (Å²) in [4.78, 5) is 41.2. The normalized spacial score (nSPS) is 26.5. The summed E-state index contributed by atoms with van der Waals surface area (Å²) in [5, 5.41) is 2.51. The van der Waals surface area contributed by atoms with Crippen molar-refractivity contribution in [3.8, 4) is 5.75 Å². The summed E-state index contributed by atoms with van der Waals surface area (Å²) in [6, 6.07) is 7.81. The number of carbonyl (C=O) groups is 3. The van der Waals surface area contributed by atoms with Crippen LogP contribution in [0.1, 0.15) is 12.8 Å². The monoisotopic (exact) mass is 401 g/mol. The Balaban J connectivity index is 1.36. The number of nitrogens with zero attached hydrogens (tertiary/aromatic N) is 2. The maximum atomic E-state index is 12.9. The first kappa shape index (κ1) is 18.9. The van der Waals surface area contributed by atoms with Crippen LogP contribution in [0, 0.1) is 0 Å². The van der Waals surface area contributed by atoms with Crippen molar-refractivity contribution < 1.29 is 19.1 Å². The standard InChI is InChI=1S/C20H23N3O4S/c1-13-12-28-20-16(21-15(24)11-27-14-7-3-2-4-8-14)18(25)23(20)17(13)19(26)22-9-5-6-10-22/h2-4,7-8,16-17,20H,1,5-6,9-12H2,(H,21,24)/t16?,17?,20-/m0/s1. The van der Waals surface area contributed by atoms with Gasteiger partial charge in [-0.25, -0.2) is 0 Å². The second kappa shape index (κ2) is 7.87. The summed E-state index contributed by atoms with van der Waals surface area (Å²) in [6.07, 6.45) is 1.99. The number of benzene rings is 1. The van der Waals surface area contributed by atoms with Crippen molar-refractivity contribution in [3.05, 3.63) is 42.5 Å². The van der Waals surface area contributed by atoms with Gasteiger partial charge in [-0.15, -0.1) is 11.8 Å². The van der Waals surface area contributed by atoms with Crippen LogP contribution in [0.15, 0.2) is 42.5 Å². The van der Waals surface area contributed by atoms with E-state index in [2.05, 4.69) is 11.9 Å². The third-order valence-corrected chi connectivity index (χ3v) is 6.64. The van der Waals surface area contributed by atoms with Gasteiger partial charge in [-0.3, -0.25) is 14.4 Å². The lowest BCUT2D eigenvalue weighted by molar-refractivity contribution is -0.157. The van der Waals surface area contributed by atoms with E-state index in [1.54, 1.807) is 17.0 Å². The predicted octanol–water partition coefficient (Wildman–Crippen LogP) is 1.01. The number of nitrogens with one attached hydrogen (secondary N) is 1. The Morgan fingerprint density at radius 3 is 2.64 bits per heavy atom. The first-order valence-electron chi connectivity index (χ1n) is 9.43. The third-order valence-electron chi connectivity index (χ3n) is 5.27. The topological polar surface area (TPSA) is 79.0 Å². The van der Waals surface area contributed by atoms with Gasteiger partial charge in [0.15, 0.2) is 6.61 Å². The molecule has 1 aromatic rings. The summed E-state index contributed by atoms with van der Waals surface area (Å²) >= 11 is 1.53. The van der Waals surface area contributed by atoms with Gasteiger partial charge < -0.3 is 19.9 Å². The van der Waals surface area contributed by atoms with Crippen LogP contribution < -0.4 is 10.1 Å². The van der Waals surface area contributed by atoms with Crippen LogP contribution in [0.5, 0.6) is 5.75 Å². The highest BCUT2D eigenvalue weighted by Crippen LogP contribution is 2.40. The SMILES string of the molecule is C=C1CS[C@H]2C(NC(=O)COc3ccccc3)C(=O)N2C1C(=O)N1CCCC1. The molecule has 3 heterocycles. The number of β-lactam (4-membered cyclic amide) rings is 1. The average Bonchev–Trinajstić information content (AvgIpc) is 3.25. The molecule has 3 saturated heterocycles. The first-order valence-corrected chi connectivity index (χ1v) is 10.5. The van der Waals surface area contributed by atoms with Gasteiger partial charge in [0.05, 0.1) is 0 Å². The van der Waals surface area contributed by atoms with E-state index in [1.807, 2.05) is 23.1 Å². The van der Waals surface area contributed by atoms with Gasteiger partial charge in [-0.1, -0.05) is 24.8 Å². The third kappa shape index (κ3) is 3.48. The minimum atomic E-state index is -0.626. The molecule has 3 amide bonds. The maximum Gasteiger partial charge on any atom is 0.258 e. The van der Waals surface area contributed by atoms with E-state index in [9.17, 15) is 14.4 Å². The highest BCUT2D eigenvalue weighted by atomic mass is 32.2. The summed E-state index contributed by atoms with van der Waals surface area (Å²) in [6.45, 7) is 5.33. The van der Waals surface area contributed by atoms with Gasteiger partial charge in [0.25, 0.3) is 5.91 Å². The Morgan fingerprint density at radius 1 is 1.21 bits per heavy atom. The largest absolute Gasteiger partial charge is 0.484 e. The fraction of sp³-hybridized carbons (Fsp3) is 0.450. The lowest BCUT2D eigenvalue weighted by Crippen LogP contribution is -2.75.